The van der Waals surface area contributed by atoms with E-state index in [9.17, 15) is 0 Å². The highest BCUT2D eigenvalue weighted by atomic mass is 79.9. The first-order valence-corrected chi connectivity index (χ1v) is 8.63. The van der Waals surface area contributed by atoms with E-state index in [-0.39, 0.29) is 0 Å². The number of likely N-dealkylation sites (tertiary alicyclic amines) is 1. The molecular formula is C15H25BrN4. The lowest BCUT2D eigenvalue weighted by Gasteiger charge is -2.15. The molecule has 5 heteroatoms. The van der Waals surface area contributed by atoms with Gasteiger partial charge in [-0.1, -0.05) is 6.92 Å². The van der Waals surface area contributed by atoms with Gasteiger partial charge >= 0.3 is 0 Å². The maximum Gasteiger partial charge on any atom is 0.0767 e. The Kier molecular flexibility index (Phi) is 4.48. The summed E-state index contributed by atoms with van der Waals surface area (Å²) in [6, 6.07) is 0.929. The van der Waals surface area contributed by atoms with Crippen LogP contribution in [0, 0.1) is 5.92 Å². The summed E-state index contributed by atoms with van der Waals surface area (Å²) in [5, 5.41) is 8.17. The van der Waals surface area contributed by atoms with Crippen molar-refractivity contribution in [1.82, 2.24) is 20.0 Å². The van der Waals surface area contributed by atoms with E-state index in [1.165, 1.54) is 42.5 Å². The molecule has 2 fully saturated rings. The van der Waals surface area contributed by atoms with Gasteiger partial charge in [-0.2, -0.15) is 5.10 Å². The number of hydrogen-bond acceptors (Lipinski definition) is 3. The van der Waals surface area contributed by atoms with Gasteiger partial charge in [0.05, 0.1) is 15.9 Å². The zero-order chi connectivity index (χ0) is 14.1. The van der Waals surface area contributed by atoms with E-state index in [0.717, 1.165) is 37.2 Å². The van der Waals surface area contributed by atoms with Crippen molar-refractivity contribution in [2.45, 2.75) is 45.2 Å². The maximum atomic E-state index is 4.54. The van der Waals surface area contributed by atoms with Crippen molar-refractivity contribution in [2.24, 2.45) is 13.0 Å². The second-order valence-electron chi connectivity index (χ2n) is 6.20. The molecule has 3 rings (SSSR count). The van der Waals surface area contributed by atoms with Crippen LogP contribution in [0.15, 0.2) is 4.47 Å². The normalized spacial score (nSPS) is 23.6. The molecule has 1 atom stereocenters. The Hall–Kier alpha value is -0.390. The fourth-order valence-corrected chi connectivity index (χ4v) is 3.96. The fourth-order valence-electron chi connectivity index (χ4n) is 3.21. The molecule has 0 aromatic carbocycles. The predicted octanol–water partition coefficient (Wildman–Crippen LogP) is 2.32. The van der Waals surface area contributed by atoms with Gasteiger partial charge in [0, 0.05) is 26.2 Å². The molecule has 4 nitrogen and oxygen atoms in total. The highest BCUT2D eigenvalue weighted by Gasteiger charge is 2.34. The van der Waals surface area contributed by atoms with Crippen LogP contribution in [0.1, 0.15) is 37.6 Å². The van der Waals surface area contributed by atoms with Crippen LogP contribution >= 0.6 is 15.9 Å². The number of rotatable bonds is 6. The summed E-state index contributed by atoms with van der Waals surface area (Å²) < 4.78 is 3.18. The van der Waals surface area contributed by atoms with Crippen molar-refractivity contribution < 1.29 is 0 Å². The predicted molar refractivity (Wildman–Crippen MR) is 84.7 cm³/mol. The number of halogens is 1. The molecule has 2 aliphatic rings. The third-order valence-corrected chi connectivity index (χ3v) is 5.52. The largest absolute Gasteiger partial charge is 0.311 e. The van der Waals surface area contributed by atoms with Crippen molar-refractivity contribution in [2.75, 3.05) is 19.6 Å². The third-order valence-electron chi connectivity index (χ3n) is 4.61. The maximum absolute atomic E-state index is 4.54. The smallest absolute Gasteiger partial charge is 0.0767 e. The average molecular weight is 341 g/mol. The molecule has 1 saturated heterocycles. The second-order valence-corrected chi connectivity index (χ2v) is 6.99. The molecule has 0 radical (unpaired) electrons. The summed E-state index contributed by atoms with van der Waals surface area (Å²) in [6.07, 6.45) is 5.20. The fraction of sp³-hybridized carbons (Fsp3) is 0.800. The Labute approximate surface area is 130 Å². The zero-order valence-corrected chi connectivity index (χ0v) is 14.1. The van der Waals surface area contributed by atoms with E-state index in [2.05, 4.69) is 38.2 Å². The lowest BCUT2D eigenvalue weighted by atomic mass is 10.1. The first-order valence-electron chi connectivity index (χ1n) is 7.84. The Bertz CT molecular complexity index is 467. The minimum absolute atomic E-state index is 0.827. The summed E-state index contributed by atoms with van der Waals surface area (Å²) >= 11 is 3.68. The summed E-state index contributed by atoms with van der Waals surface area (Å²) in [7, 11) is 2.03. The van der Waals surface area contributed by atoms with Gasteiger partial charge in [-0.25, -0.2) is 0 Å². The molecule has 20 heavy (non-hydrogen) atoms. The van der Waals surface area contributed by atoms with Crippen LogP contribution in [0.5, 0.6) is 0 Å². The molecule has 0 bridgehead atoms. The summed E-state index contributed by atoms with van der Waals surface area (Å²) in [5.74, 6) is 0.827. The Morgan fingerprint density at radius 2 is 2.15 bits per heavy atom. The molecule has 1 aromatic rings. The van der Waals surface area contributed by atoms with Gasteiger partial charge in [0.1, 0.15) is 0 Å². The third kappa shape index (κ3) is 3.10. The van der Waals surface area contributed by atoms with E-state index >= 15 is 0 Å². The van der Waals surface area contributed by atoms with Gasteiger partial charge < -0.3 is 10.2 Å². The zero-order valence-electron chi connectivity index (χ0n) is 12.5. The number of aryl methyl sites for hydroxylation is 2. The average Bonchev–Trinajstić information content (AvgIpc) is 3.13. The van der Waals surface area contributed by atoms with Crippen LogP contribution in [-0.4, -0.2) is 40.4 Å². The van der Waals surface area contributed by atoms with E-state index in [1.807, 2.05) is 11.7 Å². The molecule has 1 aliphatic carbocycles. The van der Waals surface area contributed by atoms with Crippen LogP contribution in [0.3, 0.4) is 0 Å². The number of nitrogens with one attached hydrogen (secondary N) is 1. The van der Waals surface area contributed by atoms with Gasteiger partial charge in [0.2, 0.25) is 0 Å². The van der Waals surface area contributed by atoms with Gasteiger partial charge in [-0.05, 0) is 60.6 Å². The number of aromatic nitrogens is 2. The minimum atomic E-state index is 0.827. The topological polar surface area (TPSA) is 33.1 Å². The van der Waals surface area contributed by atoms with E-state index in [0.29, 0.717) is 0 Å². The van der Waals surface area contributed by atoms with Gasteiger partial charge in [0.15, 0.2) is 0 Å². The van der Waals surface area contributed by atoms with Crippen molar-refractivity contribution in [3.8, 4) is 0 Å². The summed E-state index contributed by atoms with van der Waals surface area (Å²) in [5.41, 5.74) is 2.42. The molecule has 0 spiro atoms. The van der Waals surface area contributed by atoms with Crippen LogP contribution in [0.4, 0.5) is 0 Å². The van der Waals surface area contributed by atoms with E-state index in [4.69, 9.17) is 0 Å². The molecule has 1 N–H and O–H groups in total. The molecule has 1 aromatic heterocycles. The van der Waals surface area contributed by atoms with Crippen molar-refractivity contribution in [3.05, 3.63) is 15.9 Å². The Balaban J connectivity index is 1.47. The lowest BCUT2D eigenvalue weighted by molar-refractivity contribution is 0.311. The molecule has 112 valence electrons. The van der Waals surface area contributed by atoms with Crippen molar-refractivity contribution in [1.29, 1.82) is 0 Å². The van der Waals surface area contributed by atoms with Crippen LogP contribution in [-0.2, 0) is 20.0 Å². The molecule has 0 amide bonds. The lowest BCUT2D eigenvalue weighted by Crippen LogP contribution is -2.28. The highest BCUT2D eigenvalue weighted by molar-refractivity contribution is 9.10. The highest BCUT2D eigenvalue weighted by Crippen LogP contribution is 2.31. The van der Waals surface area contributed by atoms with Crippen molar-refractivity contribution in [3.63, 3.8) is 0 Å². The minimum Gasteiger partial charge on any atom is -0.311 e. The molecule has 2 heterocycles. The van der Waals surface area contributed by atoms with Crippen LogP contribution in [0.25, 0.3) is 0 Å². The van der Waals surface area contributed by atoms with Crippen LogP contribution < -0.4 is 5.32 Å². The van der Waals surface area contributed by atoms with E-state index in [1.54, 1.807) is 0 Å². The van der Waals surface area contributed by atoms with Crippen LogP contribution in [0.2, 0.25) is 0 Å². The molecular weight excluding hydrogens is 316 g/mol. The Morgan fingerprint density at radius 3 is 2.80 bits per heavy atom. The number of nitrogens with zero attached hydrogens (tertiary/aromatic N) is 3. The first-order chi connectivity index (χ1) is 9.69. The molecule has 1 aliphatic heterocycles. The summed E-state index contributed by atoms with van der Waals surface area (Å²) in [6.45, 7) is 6.79. The molecule has 1 unspecified atom stereocenters. The SMILES string of the molecule is CCc1nn(C)c(CNCC2CCN(C3CC3)C2)c1Br. The Morgan fingerprint density at radius 1 is 1.35 bits per heavy atom. The molecule has 1 saturated carbocycles. The van der Waals surface area contributed by atoms with E-state index < -0.39 is 0 Å². The second kappa shape index (κ2) is 6.16. The monoisotopic (exact) mass is 340 g/mol. The standard InChI is InChI=1S/C15H25BrN4/c1-3-13-15(16)14(19(2)18-13)9-17-8-11-6-7-20(10-11)12-4-5-12/h11-12,17H,3-10H2,1-2H3. The first kappa shape index (κ1) is 14.5. The van der Waals surface area contributed by atoms with Gasteiger partial charge in [-0.15, -0.1) is 0 Å². The van der Waals surface area contributed by atoms with Gasteiger partial charge in [-0.3, -0.25) is 4.68 Å². The quantitative estimate of drug-likeness (QED) is 0.862. The number of hydrogen-bond donors (Lipinski definition) is 1. The summed E-state index contributed by atoms with van der Waals surface area (Å²) in [4.78, 5) is 2.68. The van der Waals surface area contributed by atoms with Crippen molar-refractivity contribution >= 4 is 15.9 Å². The van der Waals surface area contributed by atoms with Gasteiger partial charge in [0.25, 0.3) is 0 Å².